The van der Waals surface area contributed by atoms with Gasteiger partial charge < -0.3 is 9.67 Å². The molecule has 1 aromatic heterocycles. The molecular weight excluding hydrogens is 262 g/mol. The lowest BCUT2D eigenvalue weighted by atomic mass is 10.1. The molecule has 0 aromatic carbocycles. The van der Waals surface area contributed by atoms with Gasteiger partial charge in [0.15, 0.2) is 5.16 Å². The topological polar surface area (TPSA) is 68.0 Å². The molecule has 0 saturated heterocycles. The zero-order valence-electron chi connectivity index (χ0n) is 11.7. The molecule has 1 N–H and O–H groups in total. The van der Waals surface area contributed by atoms with E-state index >= 15 is 0 Å². The number of hydrogen-bond acceptors (Lipinski definition) is 4. The van der Waals surface area contributed by atoms with E-state index in [-0.39, 0.29) is 5.75 Å². The summed E-state index contributed by atoms with van der Waals surface area (Å²) in [6, 6.07) is 0.321. The average molecular weight is 283 g/mol. The molecule has 1 aromatic rings. The lowest BCUT2D eigenvalue weighted by Crippen LogP contribution is -2.13. The van der Waals surface area contributed by atoms with Crippen molar-refractivity contribution < 1.29 is 9.90 Å². The van der Waals surface area contributed by atoms with E-state index in [0.29, 0.717) is 17.9 Å². The summed E-state index contributed by atoms with van der Waals surface area (Å²) < 4.78 is 2.16. The molecule has 1 fully saturated rings. The molecule has 19 heavy (non-hydrogen) atoms. The standard InChI is InChI=1S/C13H21N3O2S/c1-8(2)6-9(3)16-12(10-4-5-10)14-15-13(16)19-7-11(17)18/h8-10H,4-7H2,1-3H3,(H,17,18). The number of hydrogen-bond donors (Lipinski definition) is 1. The van der Waals surface area contributed by atoms with Crippen molar-refractivity contribution in [3.05, 3.63) is 5.82 Å². The predicted molar refractivity (Wildman–Crippen MR) is 74.5 cm³/mol. The highest BCUT2D eigenvalue weighted by Gasteiger charge is 2.32. The van der Waals surface area contributed by atoms with Gasteiger partial charge in [-0.1, -0.05) is 25.6 Å². The summed E-state index contributed by atoms with van der Waals surface area (Å²) in [5.74, 6) is 1.39. The van der Waals surface area contributed by atoms with Crippen LogP contribution in [0.15, 0.2) is 5.16 Å². The number of nitrogens with zero attached hydrogens (tertiary/aromatic N) is 3. The van der Waals surface area contributed by atoms with Crippen molar-refractivity contribution in [3.63, 3.8) is 0 Å². The van der Waals surface area contributed by atoms with Gasteiger partial charge >= 0.3 is 5.97 Å². The van der Waals surface area contributed by atoms with E-state index in [0.717, 1.165) is 17.4 Å². The van der Waals surface area contributed by atoms with E-state index in [1.165, 1.54) is 24.6 Å². The molecule has 1 saturated carbocycles. The van der Waals surface area contributed by atoms with E-state index in [4.69, 9.17) is 5.11 Å². The van der Waals surface area contributed by atoms with Gasteiger partial charge in [-0.2, -0.15) is 0 Å². The van der Waals surface area contributed by atoms with E-state index in [9.17, 15) is 4.79 Å². The van der Waals surface area contributed by atoms with E-state index < -0.39 is 5.97 Å². The number of carbonyl (C=O) groups is 1. The predicted octanol–water partition coefficient (Wildman–Crippen LogP) is 2.94. The minimum atomic E-state index is -0.816. The molecule has 106 valence electrons. The Kier molecular flexibility index (Phi) is 4.50. The highest BCUT2D eigenvalue weighted by Crippen LogP contribution is 2.41. The van der Waals surface area contributed by atoms with Crippen molar-refractivity contribution in [1.29, 1.82) is 0 Å². The van der Waals surface area contributed by atoms with Crippen molar-refractivity contribution in [3.8, 4) is 0 Å². The van der Waals surface area contributed by atoms with Crippen LogP contribution in [0.3, 0.4) is 0 Å². The lowest BCUT2D eigenvalue weighted by Gasteiger charge is -2.19. The van der Waals surface area contributed by atoms with Gasteiger partial charge in [0.1, 0.15) is 5.82 Å². The first-order chi connectivity index (χ1) is 8.99. The van der Waals surface area contributed by atoms with Gasteiger partial charge in [0, 0.05) is 12.0 Å². The molecule has 1 heterocycles. The molecule has 0 aliphatic heterocycles. The Morgan fingerprint density at radius 3 is 2.63 bits per heavy atom. The van der Waals surface area contributed by atoms with Crippen molar-refractivity contribution in [2.24, 2.45) is 5.92 Å². The fourth-order valence-electron chi connectivity index (χ4n) is 2.33. The van der Waals surface area contributed by atoms with Gasteiger partial charge in [-0.25, -0.2) is 0 Å². The van der Waals surface area contributed by atoms with Gasteiger partial charge in [-0.3, -0.25) is 4.79 Å². The molecule has 0 spiro atoms. The van der Waals surface area contributed by atoms with Crippen molar-refractivity contribution in [2.45, 2.75) is 57.1 Å². The number of carboxylic acids is 1. The molecule has 0 bridgehead atoms. The Labute approximate surface area is 117 Å². The van der Waals surface area contributed by atoms with E-state index in [1.807, 2.05) is 0 Å². The summed E-state index contributed by atoms with van der Waals surface area (Å²) in [4.78, 5) is 10.7. The summed E-state index contributed by atoms with van der Waals surface area (Å²) >= 11 is 1.27. The average Bonchev–Trinajstić information content (AvgIpc) is 3.05. The smallest absolute Gasteiger partial charge is 0.313 e. The van der Waals surface area contributed by atoms with Crippen LogP contribution in [0.2, 0.25) is 0 Å². The van der Waals surface area contributed by atoms with Crippen molar-refractivity contribution in [2.75, 3.05) is 5.75 Å². The monoisotopic (exact) mass is 283 g/mol. The first kappa shape index (κ1) is 14.4. The molecule has 1 aliphatic carbocycles. The number of aromatic nitrogens is 3. The second-order valence-electron chi connectivity index (χ2n) is 5.65. The van der Waals surface area contributed by atoms with Gasteiger partial charge in [0.2, 0.25) is 0 Å². The minimum absolute atomic E-state index is 0.0389. The number of aliphatic carboxylic acids is 1. The fourth-order valence-corrected chi connectivity index (χ4v) is 3.10. The van der Waals surface area contributed by atoms with Crippen LogP contribution in [0.4, 0.5) is 0 Å². The Balaban J connectivity index is 2.19. The molecule has 6 heteroatoms. The van der Waals surface area contributed by atoms with Crippen LogP contribution in [0, 0.1) is 5.92 Å². The second-order valence-corrected chi connectivity index (χ2v) is 6.59. The Bertz CT molecular complexity index is 455. The number of thioether (sulfide) groups is 1. The molecule has 1 unspecified atom stereocenters. The van der Waals surface area contributed by atoms with Gasteiger partial charge in [0.05, 0.1) is 5.75 Å². The fraction of sp³-hybridized carbons (Fsp3) is 0.769. The zero-order chi connectivity index (χ0) is 14.0. The Hall–Kier alpha value is -1.04. The van der Waals surface area contributed by atoms with Crippen LogP contribution >= 0.6 is 11.8 Å². The number of carboxylic acid groups (broad SMARTS) is 1. The summed E-state index contributed by atoms with van der Waals surface area (Å²) in [5.41, 5.74) is 0. The van der Waals surface area contributed by atoms with Crippen molar-refractivity contribution in [1.82, 2.24) is 14.8 Å². The quantitative estimate of drug-likeness (QED) is 0.779. The third-order valence-electron chi connectivity index (χ3n) is 3.21. The normalized spacial score (nSPS) is 16.8. The molecule has 0 amide bonds. The molecule has 5 nitrogen and oxygen atoms in total. The van der Waals surface area contributed by atoms with E-state index in [2.05, 4.69) is 35.5 Å². The van der Waals surface area contributed by atoms with E-state index in [1.54, 1.807) is 0 Å². The van der Waals surface area contributed by atoms with Gasteiger partial charge in [-0.05, 0) is 32.1 Å². The highest BCUT2D eigenvalue weighted by molar-refractivity contribution is 7.99. The first-order valence-electron chi connectivity index (χ1n) is 6.78. The van der Waals surface area contributed by atoms with Crippen LogP contribution < -0.4 is 0 Å². The molecule has 0 radical (unpaired) electrons. The van der Waals surface area contributed by atoms with Crippen LogP contribution in [0.1, 0.15) is 57.8 Å². The highest BCUT2D eigenvalue weighted by atomic mass is 32.2. The van der Waals surface area contributed by atoms with Gasteiger partial charge in [-0.15, -0.1) is 10.2 Å². The van der Waals surface area contributed by atoms with Crippen molar-refractivity contribution >= 4 is 17.7 Å². The summed E-state index contributed by atoms with van der Waals surface area (Å²) in [5, 5.41) is 18.0. The Morgan fingerprint density at radius 1 is 1.42 bits per heavy atom. The maximum absolute atomic E-state index is 10.7. The van der Waals surface area contributed by atoms with Crippen LogP contribution in [0.25, 0.3) is 0 Å². The first-order valence-corrected chi connectivity index (χ1v) is 7.77. The molecule has 1 atom stereocenters. The Morgan fingerprint density at radius 2 is 2.11 bits per heavy atom. The lowest BCUT2D eigenvalue weighted by molar-refractivity contribution is -0.133. The summed E-state index contributed by atoms with van der Waals surface area (Å²) in [7, 11) is 0. The third-order valence-corrected chi connectivity index (χ3v) is 4.14. The largest absolute Gasteiger partial charge is 0.481 e. The molecule has 2 rings (SSSR count). The van der Waals surface area contributed by atoms with Crippen LogP contribution in [-0.2, 0) is 4.79 Å². The zero-order valence-corrected chi connectivity index (χ0v) is 12.5. The van der Waals surface area contributed by atoms with Crippen LogP contribution in [-0.4, -0.2) is 31.6 Å². The third kappa shape index (κ3) is 3.72. The summed E-state index contributed by atoms with van der Waals surface area (Å²) in [6.07, 6.45) is 3.41. The second kappa shape index (κ2) is 5.94. The summed E-state index contributed by atoms with van der Waals surface area (Å²) in [6.45, 7) is 6.56. The van der Waals surface area contributed by atoms with Gasteiger partial charge in [0.25, 0.3) is 0 Å². The SMILES string of the molecule is CC(C)CC(C)n1c(SCC(=O)O)nnc1C1CC1. The molecule has 1 aliphatic rings. The maximum atomic E-state index is 10.7. The van der Waals surface area contributed by atoms with Crippen LogP contribution in [0.5, 0.6) is 0 Å². The molecular formula is C13H21N3O2S. The maximum Gasteiger partial charge on any atom is 0.313 e. The minimum Gasteiger partial charge on any atom is -0.481 e. The number of rotatable bonds is 7.